The summed E-state index contributed by atoms with van der Waals surface area (Å²) in [7, 11) is 2.17. The molecule has 2 aliphatic heterocycles. The molecule has 2 fully saturated rings. The lowest BCUT2D eigenvalue weighted by molar-refractivity contribution is -0.0493. The average Bonchev–Trinajstić information content (AvgIpc) is 3.12. The van der Waals surface area contributed by atoms with Crippen LogP contribution in [0.15, 0.2) is 42.7 Å². The topological polar surface area (TPSA) is 52.1 Å². The quantitative estimate of drug-likeness (QED) is 0.738. The zero-order valence-electron chi connectivity index (χ0n) is 14.7. The van der Waals surface area contributed by atoms with Gasteiger partial charge in [0.15, 0.2) is 5.82 Å². The van der Waals surface area contributed by atoms with Crippen LogP contribution in [0.4, 0.5) is 4.39 Å². The number of benzene rings is 1. The molecule has 2 bridgehead atoms. The summed E-state index contributed by atoms with van der Waals surface area (Å²) < 4.78 is 14.1. The van der Waals surface area contributed by atoms with Crippen molar-refractivity contribution in [2.45, 2.75) is 43.4 Å². The van der Waals surface area contributed by atoms with Crippen molar-refractivity contribution in [3.63, 3.8) is 0 Å². The maximum Gasteiger partial charge on any atom is 0.150 e. The summed E-state index contributed by atoms with van der Waals surface area (Å²) in [5.74, 6) is -0.294. The van der Waals surface area contributed by atoms with E-state index in [1.54, 1.807) is 6.20 Å². The molecule has 1 unspecified atom stereocenters. The Labute approximate surface area is 151 Å². The molecule has 2 aliphatic rings. The van der Waals surface area contributed by atoms with Crippen molar-refractivity contribution in [3.8, 4) is 11.1 Å². The zero-order chi connectivity index (χ0) is 17.9. The highest BCUT2D eigenvalue weighted by atomic mass is 19.1. The van der Waals surface area contributed by atoms with Gasteiger partial charge < -0.3 is 15.0 Å². The van der Waals surface area contributed by atoms with Gasteiger partial charge in [-0.1, -0.05) is 24.3 Å². The highest BCUT2D eigenvalue weighted by Crippen LogP contribution is 2.45. The molecule has 0 radical (unpaired) electrons. The van der Waals surface area contributed by atoms with Gasteiger partial charge in [0.05, 0.1) is 11.0 Å². The number of piperidine rings is 1. The third-order valence-electron chi connectivity index (χ3n) is 6.39. The van der Waals surface area contributed by atoms with Gasteiger partial charge in [0, 0.05) is 24.5 Å². The molecule has 1 aromatic carbocycles. The van der Waals surface area contributed by atoms with Gasteiger partial charge in [-0.3, -0.25) is 0 Å². The van der Waals surface area contributed by atoms with Crippen LogP contribution in [0.1, 0.15) is 31.2 Å². The van der Waals surface area contributed by atoms with Crippen LogP contribution in [0.3, 0.4) is 0 Å². The fourth-order valence-corrected chi connectivity index (χ4v) is 4.90. The van der Waals surface area contributed by atoms with E-state index in [1.165, 1.54) is 19.0 Å². The van der Waals surface area contributed by atoms with Crippen LogP contribution in [0.2, 0.25) is 0 Å². The normalized spacial score (nSPS) is 28.7. The van der Waals surface area contributed by atoms with Crippen molar-refractivity contribution in [3.05, 3.63) is 54.1 Å². The molecule has 3 atom stereocenters. The lowest BCUT2D eigenvalue weighted by atomic mass is 9.80. The van der Waals surface area contributed by atoms with E-state index in [0.717, 1.165) is 29.5 Å². The molecule has 5 rings (SSSR count). The molecule has 2 aromatic heterocycles. The fourth-order valence-electron chi connectivity index (χ4n) is 4.90. The Hall–Kier alpha value is -2.24. The molecular formula is C21H22FN3O. The van der Waals surface area contributed by atoms with E-state index in [9.17, 15) is 9.50 Å². The first-order valence-electron chi connectivity index (χ1n) is 9.22. The number of aromatic amines is 1. The van der Waals surface area contributed by atoms with Gasteiger partial charge in [-0.25, -0.2) is 9.37 Å². The molecule has 134 valence electrons. The minimum Gasteiger partial charge on any atom is -0.385 e. The third kappa shape index (κ3) is 2.31. The number of aromatic nitrogens is 2. The van der Waals surface area contributed by atoms with Crippen LogP contribution in [0.5, 0.6) is 0 Å². The first-order chi connectivity index (χ1) is 12.5. The molecule has 3 aromatic rings. The summed E-state index contributed by atoms with van der Waals surface area (Å²) in [6.45, 7) is 0. The van der Waals surface area contributed by atoms with Crippen molar-refractivity contribution < 1.29 is 9.50 Å². The second-order valence-corrected chi connectivity index (χ2v) is 7.79. The Morgan fingerprint density at radius 3 is 2.54 bits per heavy atom. The SMILES string of the molecule is CN1[C@@H]2CC[C@H]1CC(O)(c1ccc(-c3ccnc4[nH]cc(F)c34)cc1)C2. The van der Waals surface area contributed by atoms with Crippen LogP contribution in [-0.2, 0) is 5.60 Å². The van der Waals surface area contributed by atoms with Gasteiger partial charge in [0.25, 0.3) is 0 Å². The lowest BCUT2D eigenvalue weighted by Gasteiger charge is -2.42. The third-order valence-corrected chi connectivity index (χ3v) is 6.39. The van der Waals surface area contributed by atoms with Crippen LogP contribution in [-0.4, -0.2) is 39.1 Å². The van der Waals surface area contributed by atoms with Gasteiger partial charge in [0.1, 0.15) is 5.65 Å². The highest BCUT2D eigenvalue weighted by Gasteiger charge is 2.46. The Morgan fingerprint density at radius 1 is 1.15 bits per heavy atom. The van der Waals surface area contributed by atoms with Crippen molar-refractivity contribution in [2.24, 2.45) is 0 Å². The Morgan fingerprint density at radius 2 is 1.85 bits per heavy atom. The van der Waals surface area contributed by atoms with E-state index in [4.69, 9.17) is 0 Å². The number of nitrogens with one attached hydrogen (secondary N) is 1. The zero-order valence-corrected chi connectivity index (χ0v) is 14.7. The van der Waals surface area contributed by atoms with Crippen molar-refractivity contribution in [1.82, 2.24) is 14.9 Å². The van der Waals surface area contributed by atoms with Crippen molar-refractivity contribution in [2.75, 3.05) is 7.05 Å². The standard InChI is InChI=1S/C21H22FN3O/c1-25-15-6-7-16(25)11-21(26,10-15)14-4-2-13(3-5-14)17-8-9-23-20-19(17)18(22)12-24-20/h2-5,8-9,12,15-16,26H,6-7,10-11H2,1H3,(H,23,24)/t15-,16+,21?. The van der Waals surface area contributed by atoms with Crippen LogP contribution < -0.4 is 0 Å². The number of aliphatic hydroxyl groups is 1. The maximum atomic E-state index is 14.1. The summed E-state index contributed by atoms with van der Waals surface area (Å²) in [5, 5.41) is 11.8. The van der Waals surface area contributed by atoms with Crippen molar-refractivity contribution >= 4 is 11.0 Å². The fraction of sp³-hybridized carbons (Fsp3) is 0.381. The monoisotopic (exact) mass is 351 g/mol. The number of halogens is 1. The number of rotatable bonds is 2. The average molecular weight is 351 g/mol. The summed E-state index contributed by atoms with van der Waals surface area (Å²) >= 11 is 0. The first kappa shape index (κ1) is 16.0. The van der Waals surface area contributed by atoms with Crippen LogP contribution in [0, 0.1) is 5.82 Å². The van der Waals surface area contributed by atoms with Gasteiger partial charge in [-0.2, -0.15) is 0 Å². The molecule has 4 nitrogen and oxygen atoms in total. The second-order valence-electron chi connectivity index (χ2n) is 7.79. The maximum absolute atomic E-state index is 14.1. The van der Waals surface area contributed by atoms with E-state index in [0.29, 0.717) is 23.1 Å². The number of hydrogen-bond acceptors (Lipinski definition) is 3. The minimum absolute atomic E-state index is 0.294. The predicted molar refractivity (Wildman–Crippen MR) is 99.2 cm³/mol. The van der Waals surface area contributed by atoms with E-state index >= 15 is 0 Å². The lowest BCUT2D eigenvalue weighted by Crippen LogP contribution is -2.47. The van der Waals surface area contributed by atoms with E-state index in [1.807, 2.05) is 30.3 Å². The van der Waals surface area contributed by atoms with Gasteiger partial charge in [-0.15, -0.1) is 0 Å². The van der Waals surface area contributed by atoms with Gasteiger partial charge in [0.2, 0.25) is 0 Å². The Kier molecular flexibility index (Phi) is 3.46. The molecule has 2 saturated heterocycles. The number of hydrogen-bond donors (Lipinski definition) is 2. The Balaban J connectivity index is 1.50. The van der Waals surface area contributed by atoms with Gasteiger partial charge >= 0.3 is 0 Å². The number of pyridine rings is 1. The highest BCUT2D eigenvalue weighted by molar-refractivity contribution is 5.93. The second kappa shape index (κ2) is 5.63. The molecule has 4 heterocycles. The predicted octanol–water partition coefficient (Wildman–Crippen LogP) is 3.81. The molecule has 0 spiro atoms. The molecule has 5 heteroatoms. The smallest absolute Gasteiger partial charge is 0.150 e. The first-order valence-corrected chi connectivity index (χ1v) is 9.22. The Bertz CT molecular complexity index is 951. The molecule has 26 heavy (non-hydrogen) atoms. The molecule has 0 amide bonds. The van der Waals surface area contributed by atoms with E-state index in [2.05, 4.69) is 21.9 Å². The largest absolute Gasteiger partial charge is 0.385 e. The number of nitrogens with zero attached hydrogens (tertiary/aromatic N) is 2. The summed E-state index contributed by atoms with van der Waals surface area (Å²) in [6.07, 6.45) is 6.93. The molecule has 2 N–H and O–H groups in total. The van der Waals surface area contributed by atoms with Crippen LogP contribution >= 0.6 is 0 Å². The molecular weight excluding hydrogens is 329 g/mol. The van der Waals surface area contributed by atoms with E-state index in [-0.39, 0.29) is 5.82 Å². The van der Waals surface area contributed by atoms with Gasteiger partial charge in [-0.05, 0) is 55.5 Å². The summed E-state index contributed by atoms with van der Waals surface area (Å²) in [4.78, 5) is 9.46. The molecule has 0 saturated carbocycles. The van der Waals surface area contributed by atoms with E-state index < -0.39 is 5.60 Å². The minimum atomic E-state index is -0.760. The number of H-pyrrole nitrogens is 1. The summed E-state index contributed by atoms with van der Waals surface area (Å²) in [6, 6.07) is 10.7. The van der Waals surface area contributed by atoms with Crippen molar-refractivity contribution in [1.29, 1.82) is 0 Å². The summed E-state index contributed by atoms with van der Waals surface area (Å²) in [5.41, 5.74) is 2.50. The number of fused-ring (bicyclic) bond motifs is 3. The van der Waals surface area contributed by atoms with Crippen LogP contribution in [0.25, 0.3) is 22.2 Å². The molecule has 0 aliphatic carbocycles.